The Morgan fingerprint density at radius 2 is 1.81 bits per heavy atom. The first-order chi connectivity index (χ1) is 17.4. The van der Waals surface area contributed by atoms with Gasteiger partial charge in [0.15, 0.2) is 11.5 Å². The van der Waals surface area contributed by atoms with Crippen molar-refractivity contribution in [3.63, 3.8) is 0 Å². The smallest absolute Gasteiger partial charge is 0.260 e. The number of hydrogen-bond donors (Lipinski definition) is 1. The number of carbonyl (C=O) groups excluding carboxylic acids is 2. The second-order valence-electron chi connectivity index (χ2n) is 9.16. The molecule has 2 aromatic carbocycles. The van der Waals surface area contributed by atoms with Gasteiger partial charge < -0.3 is 24.4 Å². The van der Waals surface area contributed by atoms with E-state index in [9.17, 15) is 9.59 Å². The van der Waals surface area contributed by atoms with E-state index in [-0.39, 0.29) is 23.8 Å². The summed E-state index contributed by atoms with van der Waals surface area (Å²) in [6.45, 7) is 0.553. The Morgan fingerprint density at radius 3 is 2.50 bits per heavy atom. The van der Waals surface area contributed by atoms with Gasteiger partial charge in [0.1, 0.15) is 5.75 Å². The van der Waals surface area contributed by atoms with E-state index in [4.69, 9.17) is 14.2 Å². The highest BCUT2D eigenvalue weighted by atomic mass is 32.2. The average Bonchev–Trinajstić information content (AvgIpc) is 2.91. The molecular formula is C28H34N2O5S. The van der Waals surface area contributed by atoms with Crippen molar-refractivity contribution in [2.75, 3.05) is 34.9 Å². The Balaban J connectivity index is 1.32. The van der Waals surface area contributed by atoms with Gasteiger partial charge in [0.2, 0.25) is 5.91 Å². The van der Waals surface area contributed by atoms with E-state index in [0.29, 0.717) is 36.1 Å². The highest BCUT2D eigenvalue weighted by Gasteiger charge is 2.42. The first kappa shape index (κ1) is 25.9. The van der Waals surface area contributed by atoms with E-state index >= 15 is 0 Å². The van der Waals surface area contributed by atoms with Gasteiger partial charge in [-0.05, 0) is 67.2 Å². The molecule has 1 N–H and O–H groups in total. The molecule has 1 heterocycles. The quantitative estimate of drug-likeness (QED) is 0.538. The minimum absolute atomic E-state index is 0.0200. The van der Waals surface area contributed by atoms with Crippen molar-refractivity contribution in [2.45, 2.75) is 37.0 Å². The molecule has 192 valence electrons. The van der Waals surface area contributed by atoms with Crippen LogP contribution in [0.15, 0.2) is 47.4 Å². The molecule has 3 unspecified atom stereocenters. The molecule has 0 radical (unpaired) electrons. The summed E-state index contributed by atoms with van der Waals surface area (Å²) < 4.78 is 15.9. The summed E-state index contributed by atoms with van der Waals surface area (Å²) in [6.07, 6.45) is 5.08. The zero-order valence-electron chi connectivity index (χ0n) is 21.3. The molecule has 1 saturated carbocycles. The van der Waals surface area contributed by atoms with Crippen molar-refractivity contribution in [1.82, 2.24) is 10.2 Å². The molecule has 8 heteroatoms. The van der Waals surface area contributed by atoms with Crippen LogP contribution in [0.5, 0.6) is 17.2 Å². The molecule has 2 aliphatic rings. The van der Waals surface area contributed by atoms with Gasteiger partial charge in [-0.15, -0.1) is 11.8 Å². The number of nitrogens with one attached hydrogen (secondary N) is 1. The lowest BCUT2D eigenvalue weighted by atomic mass is 9.83. The number of hydrogen-bond acceptors (Lipinski definition) is 6. The van der Waals surface area contributed by atoms with Crippen LogP contribution < -0.4 is 19.5 Å². The highest BCUT2D eigenvalue weighted by molar-refractivity contribution is 8.04. The molecule has 36 heavy (non-hydrogen) atoms. The number of likely N-dealkylation sites (N-methyl/N-ethyl adjacent to an activating group) is 1. The van der Waals surface area contributed by atoms with E-state index in [1.165, 1.54) is 0 Å². The number of methoxy groups -OCH3 is 3. The van der Waals surface area contributed by atoms with Gasteiger partial charge in [0.05, 0.1) is 26.2 Å². The van der Waals surface area contributed by atoms with Gasteiger partial charge in [-0.25, -0.2) is 0 Å². The highest BCUT2D eigenvalue weighted by Crippen LogP contribution is 2.43. The lowest BCUT2D eigenvalue weighted by molar-refractivity contribution is -0.131. The van der Waals surface area contributed by atoms with Gasteiger partial charge in [0, 0.05) is 30.8 Å². The van der Waals surface area contributed by atoms with Crippen molar-refractivity contribution in [2.24, 2.45) is 5.92 Å². The fourth-order valence-electron chi connectivity index (χ4n) is 4.90. The number of fused-ring (bicyclic) bond motifs is 1. The monoisotopic (exact) mass is 510 g/mol. The van der Waals surface area contributed by atoms with Gasteiger partial charge in [0.25, 0.3) is 5.91 Å². The Hall–Kier alpha value is -3.13. The fourth-order valence-corrected chi connectivity index (χ4v) is 6.38. The predicted molar refractivity (Wildman–Crippen MR) is 143 cm³/mol. The molecule has 0 aromatic heterocycles. The summed E-state index contributed by atoms with van der Waals surface area (Å²) in [5.41, 5.74) is 2.04. The van der Waals surface area contributed by atoms with E-state index in [1.54, 1.807) is 33.1 Å². The third kappa shape index (κ3) is 5.81. The van der Waals surface area contributed by atoms with Gasteiger partial charge in [-0.1, -0.05) is 18.2 Å². The lowest BCUT2D eigenvalue weighted by Gasteiger charge is -2.44. The second kappa shape index (κ2) is 11.7. The van der Waals surface area contributed by atoms with Crippen molar-refractivity contribution in [3.8, 4) is 17.2 Å². The molecule has 1 aliphatic heterocycles. The van der Waals surface area contributed by atoms with Crippen LogP contribution in [0.3, 0.4) is 0 Å². The van der Waals surface area contributed by atoms with Crippen LogP contribution in [-0.4, -0.2) is 62.9 Å². The number of benzene rings is 2. The summed E-state index contributed by atoms with van der Waals surface area (Å²) >= 11 is 1.65. The van der Waals surface area contributed by atoms with Crippen LogP contribution in [0.4, 0.5) is 0 Å². The van der Waals surface area contributed by atoms with Crippen molar-refractivity contribution >= 4 is 29.7 Å². The Kier molecular flexibility index (Phi) is 8.46. The molecule has 1 aliphatic carbocycles. The Bertz CT molecular complexity index is 1120. The molecule has 2 amide bonds. The van der Waals surface area contributed by atoms with Crippen molar-refractivity contribution < 1.29 is 23.8 Å². The maximum absolute atomic E-state index is 13.1. The summed E-state index contributed by atoms with van der Waals surface area (Å²) in [5, 5.41) is 3.40. The minimum Gasteiger partial charge on any atom is -0.497 e. The van der Waals surface area contributed by atoms with Gasteiger partial charge >= 0.3 is 0 Å². The van der Waals surface area contributed by atoms with E-state index < -0.39 is 0 Å². The number of thioether (sulfide) groups is 1. The van der Waals surface area contributed by atoms with Gasteiger partial charge in [-0.2, -0.15) is 0 Å². The zero-order chi connectivity index (χ0) is 25.7. The number of amides is 2. The van der Waals surface area contributed by atoms with Crippen molar-refractivity contribution in [3.05, 3.63) is 58.5 Å². The average molecular weight is 511 g/mol. The van der Waals surface area contributed by atoms with Gasteiger partial charge in [-0.3, -0.25) is 9.59 Å². The maximum Gasteiger partial charge on any atom is 0.260 e. The van der Waals surface area contributed by atoms with Crippen molar-refractivity contribution in [1.29, 1.82) is 0 Å². The van der Waals surface area contributed by atoms with Crippen LogP contribution in [0.2, 0.25) is 0 Å². The van der Waals surface area contributed by atoms with E-state index in [2.05, 4.69) is 5.32 Å². The maximum atomic E-state index is 13.1. The van der Waals surface area contributed by atoms with E-state index in [0.717, 1.165) is 34.6 Å². The molecule has 0 spiro atoms. The van der Waals surface area contributed by atoms with E-state index in [1.807, 2.05) is 60.5 Å². The summed E-state index contributed by atoms with van der Waals surface area (Å²) in [6, 6.07) is 13.6. The summed E-state index contributed by atoms with van der Waals surface area (Å²) in [4.78, 5) is 28.6. The molecule has 4 rings (SSSR count). The largest absolute Gasteiger partial charge is 0.497 e. The Morgan fingerprint density at radius 1 is 1.06 bits per heavy atom. The molecule has 2 aromatic rings. The molecule has 2 fully saturated rings. The molecule has 0 bridgehead atoms. The first-order valence-corrected chi connectivity index (χ1v) is 13.1. The zero-order valence-corrected chi connectivity index (χ0v) is 22.1. The Labute approximate surface area is 217 Å². The predicted octanol–water partition coefficient (Wildman–Crippen LogP) is 4.15. The number of ether oxygens (including phenoxy) is 3. The number of carbonyl (C=O) groups is 2. The minimum atomic E-state index is -0.0837. The topological polar surface area (TPSA) is 77.1 Å². The third-order valence-corrected chi connectivity index (χ3v) is 8.41. The van der Waals surface area contributed by atoms with Crippen LogP contribution in [-0.2, 0) is 16.0 Å². The molecule has 1 saturated heterocycles. The molecule has 7 nitrogen and oxygen atoms in total. The van der Waals surface area contributed by atoms with Crippen LogP contribution in [0, 0.1) is 5.92 Å². The normalized spacial score (nSPS) is 22.7. The molecule has 3 atom stereocenters. The van der Waals surface area contributed by atoms with Crippen LogP contribution in [0.25, 0.3) is 6.08 Å². The molecular weight excluding hydrogens is 476 g/mol. The number of rotatable bonds is 8. The fraction of sp³-hybridized carbons (Fsp3) is 0.429. The lowest BCUT2D eigenvalue weighted by Crippen LogP contribution is -2.52. The summed E-state index contributed by atoms with van der Waals surface area (Å²) in [5.74, 6) is 2.17. The third-order valence-electron chi connectivity index (χ3n) is 7.01. The standard InChI is InChI=1S/C28H34N2O5S/c1-30-22-17-20(27(31)29-14-13-19-7-11-23(34-3)24(15-19)35-4)8-12-25(22)36-26(28(30)32)16-18-5-9-21(33-2)10-6-18/h5-7,9-11,15-16,20,22,25H,8,12-14,17H2,1-4H3,(H,29,31)/b26-16-. The van der Waals surface area contributed by atoms with Crippen LogP contribution >= 0.6 is 11.8 Å². The number of nitrogens with zero attached hydrogens (tertiary/aromatic N) is 1. The first-order valence-electron chi connectivity index (χ1n) is 12.2. The second-order valence-corrected chi connectivity index (χ2v) is 10.4. The van der Waals surface area contributed by atoms with Crippen LogP contribution in [0.1, 0.15) is 30.4 Å². The SMILES string of the molecule is COc1ccc(/C=C2\SC3CCC(C(=O)NCCc4ccc(OC)c(OC)c4)CC3N(C)C2=O)cc1. The summed E-state index contributed by atoms with van der Waals surface area (Å²) in [7, 11) is 6.72.